The lowest BCUT2D eigenvalue weighted by Crippen LogP contribution is -2.41. The first kappa shape index (κ1) is 24.9. The van der Waals surface area contributed by atoms with Crippen LogP contribution in [-0.4, -0.2) is 44.7 Å². The van der Waals surface area contributed by atoms with Gasteiger partial charge in [-0.25, -0.2) is 12.8 Å². The molecule has 1 aliphatic rings. The molecule has 0 aromatic heterocycles. The molecule has 1 saturated carbocycles. The number of anilines is 1. The van der Waals surface area contributed by atoms with Gasteiger partial charge in [0.2, 0.25) is 5.91 Å². The van der Waals surface area contributed by atoms with Gasteiger partial charge in [0.15, 0.2) is 0 Å². The van der Waals surface area contributed by atoms with E-state index in [4.69, 9.17) is 0 Å². The van der Waals surface area contributed by atoms with Gasteiger partial charge in [0, 0.05) is 22.4 Å². The third-order valence-corrected chi connectivity index (χ3v) is 9.28. The molecule has 0 unspecified atom stereocenters. The number of nitrogens with one attached hydrogen (secondary N) is 1. The number of hydrogen-bond donors (Lipinski definition) is 1. The lowest BCUT2D eigenvalue weighted by molar-refractivity contribution is -0.119. The van der Waals surface area contributed by atoms with Gasteiger partial charge >= 0.3 is 0 Å². The Morgan fingerprint density at radius 3 is 2.50 bits per heavy atom. The van der Waals surface area contributed by atoms with E-state index < -0.39 is 28.3 Å². The van der Waals surface area contributed by atoms with E-state index in [1.54, 1.807) is 12.1 Å². The van der Waals surface area contributed by atoms with E-state index in [1.165, 1.54) is 74.2 Å². The summed E-state index contributed by atoms with van der Waals surface area (Å²) >= 11 is 3.37. The molecule has 0 saturated heterocycles. The first-order chi connectivity index (χ1) is 15.4. The molecule has 9 heteroatoms. The molecule has 3 rings (SSSR count). The average molecular weight is 497 g/mol. The maximum Gasteiger partial charge on any atom is 0.264 e. The fourth-order valence-corrected chi connectivity index (χ4v) is 6.70. The highest BCUT2D eigenvalue weighted by molar-refractivity contribution is 7.99. The molecule has 174 valence electrons. The Balaban J connectivity index is 1.69. The van der Waals surface area contributed by atoms with E-state index in [0.717, 1.165) is 21.0 Å². The van der Waals surface area contributed by atoms with Gasteiger partial charge in [-0.05, 0) is 61.6 Å². The summed E-state index contributed by atoms with van der Waals surface area (Å²) in [7, 11) is -4.05. The first-order valence-corrected chi connectivity index (χ1v) is 14.4. The van der Waals surface area contributed by atoms with Gasteiger partial charge in [-0.3, -0.25) is 9.10 Å². The number of benzene rings is 2. The fraction of sp³-hybridized carbons (Fsp3) is 0.435. The SMILES string of the molecule is CSc1ccc(S(=O)(=O)N(CC(=O)NCCSC2CCCCC2)c2cccc(F)c2)cc1. The standard InChI is InChI=1S/C23H29FN2O3S3/c1-30-20-10-12-22(13-11-20)32(28,29)26(19-7-5-6-18(24)16-19)17-23(27)25-14-15-31-21-8-3-2-4-9-21/h5-7,10-13,16,21H,2-4,8-9,14-15,17H2,1H3,(H,25,27). The molecule has 2 aromatic rings. The van der Waals surface area contributed by atoms with Crippen molar-refractivity contribution >= 4 is 45.1 Å². The average Bonchev–Trinajstić information content (AvgIpc) is 2.81. The Morgan fingerprint density at radius 1 is 1.12 bits per heavy atom. The number of sulfonamides is 1. The molecular formula is C23H29FN2O3S3. The summed E-state index contributed by atoms with van der Waals surface area (Å²) in [5.41, 5.74) is 0.116. The molecule has 0 aliphatic heterocycles. The number of halogens is 1. The predicted molar refractivity (Wildman–Crippen MR) is 131 cm³/mol. The number of rotatable bonds is 10. The largest absolute Gasteiger partial charge is 0.354 e. The molecule has 0 radical (unpaired) electrons. The van der Waals surface area contributed by atoms with Crippen LogP contribution in [0.15, 0.2) is 58.3 Å². The second-order valence-electron chi connectivity index (χ2n) is 7.65. The second-order valence-corrected chi connectivity index (χ2v) is 11.8. The molecule has 1 aliphatic carbocycles. The van der Waals surface area contributed by atoms with Crippen molar-refractivity contribution in [2.75, 3.05) is 29.4 Å². The van der Waals surface area contributed by atoms with Gasteiger partial charge in [0.05, 0.1) is 10.6 Å². The van der Waals surface area contributed by atoms with Gasteiger partial charge in [0.25, 0.3) is 10.0 Å². The van der Waals surface area contributed by atoms with Crippen LogP contribution in [0.4, 0.5) is 10.1 Å². The number of hydrogen-bond acceptors (Lipinski definition) is 5. The molecule has 0 heterocycles. The van der Waals surface area contributed by atoms with Crippen molar-refractivity contribution in [3.8, 4) is 0 Å². The minimum Gasteiger partial charge on any atom is -0.354 e. The van der Waals surface area contributed by atoms with Crippen molar-refractivity contribution in [1.82, 2.24) is 5.32 Å². The van der Waals surface area contributed by atoms with Crippen molar-refractivity contribution in [2.45, 2.75) is 47.1 Å². The highest BCUT2D eigenvalue weighted by atomic mass is 32.2. The number of amides is 1. The Hall–Kier alpha value is -1.71. The summed E-state index contributed by atoms with van der Waals surface area (Å²) in [4.78, 5) is 13.6. The monoisotopic (exact) mass is 496 g/mol. The molecule has 2 aromatic carbocycles. The van der Waals surface area contributed by atoms with E-state index in [-0.39, 0.29) is 10.6 Å². The van der Waals surface area contributed by atoms with Gasteiger partial charge < -0.3 is 5.32 Å². The van der Waals surface area contributed by atoms with Crippen LogP contribution in [0.25, 0.3) is 0 Å². The van der Waals surface area contributed by atoms with Crippen molar-refractivity contribution in [2.24, 2.45) is 0 Å². The summed E-state index contributed by atoms with van der Waals surface area (Å²) in [5, 5.41) is 3.46. The van der Waals surface area contributed by atoms with E-state index in [9.17, 15) is 17.6 Å². The minimum atomic E-state index is -4.05. The van der Waals surface area contributed by atoms with Crippen LogP contribution in [0.1, 0.15) is 32.1 Å². The summed E-state index contributed by atoms with van der Waals surface area (Å²) in [6.45, 7) is 0.0591. The van der Waals surface area contributed by atoms with Crippen molar-refractivity contribution in [1.29, 1.82) is 0 Å². The van der Waals surface area contributed by atoms with E-state index in [1.807, 2.05) is 18.0 Å². The maximum absolute atomic E-state index is 13.9. The summed E-state index contributed by atoms with van der Waals surface area (Å²) < 4.78 is 41.5. The Bertz CT molecular complexity index is 994. The molecule has 0 bridgehead atoms. The van der Waals surface area contributed by atoms with Crippen LogP contribution >= 0.6 is 23.5 Å². The number of carbonyl (C=O) groups is 1. The van der Waals surface area contributed by atoms with Gasteiger partial charge in [-0.2, -0.15) is 11.8 Å². The first-order valence-electron chi connectivity index (χ1n) is 10.7. The molecule has 5 nitrogen and oxygen atoms in total. The quantitative estimate of drug-likeness (QED) is 0.373. The van der Waals surface area contributed by atoms with Crippen LogP contribution in [0.3, 0.4) is 0 Å². The zero-order chi connectivity index (χ0) is 23.0. The highest BCUT2D eigenvalue weighted by Crippen LogP contribution is 2.28. The lowest BCUT2D eigenvalue weighted by Gasteiger charge is -2.24. The molecule has 32 heavy (non-hydrogen) atoms. The highest BCUT2D eigenvalue weighted by Gasteiger charge is 2.27. The number of nitrogens with zero attached hydrogens (tertiary/aromatic N) is 1. The van der Waals surface area contributed by atoms with Crippen LogP contribution in [0, 0.1) is 5.82 Å². The van der Waals surface area contributed by atoms with Crippen LogP contribution in [0.2, 0.25) is 0 Å². The molecule has 1 N–H and O–H groups in total. The third kappa shape index (κ3) is 6.89. The van der Waals surface area contributed by atoms with Gasteiger partial charge in [-0.1, -0.05) is 25.3 Å². The predicted octanol–water partition coefficient (Wildman–Crippen LogP) is 4.93. The van der Waals surface area contributed by atoms with Gasteiger partial charge in [-0.15, -0.1) is 11.8 Å². The van der Waals surface area contributed by atoms with Crippen LogP contribution < -0.4 is 9.62 Å². The Labute approximate surface area is 198 Å². The fourth-order valence-electron chi connectivity index (χ4n) is 3.66. The second kappa shape index (κ2) is 12.0. The lowest BCUT2D eigenvalue weighted by atomic mass is 10.0. The maximum atomic E-state index is 13.9. The topological polar surface area (TPSA) is 66.5 Å². The molecular weight excluding hydrogens is 467 g/mol. The molecule has 1 amide bonds. The van der Waals surface area contributed by atoms with Gasteiger partial charge in [0.1, 0.15) is 12.4 Å². The number of carbonyl (C=O) groups excluding carboxylic acids is 1. The van der Waals surface area contributed by atoms with Crippen molar-refractivity contribution < 1.29 is 17.6 Å². The summed E-state index contributed by atoms with van der Waals surface area (Å²) in [6, 6.07) is 11.7. The van der Waals surface area contributed by atoms with Crippen LogP contribution in [-0.2, 0) is 14.8 Å². The minimum absolute atomic E-state index is 0.0558. The number of thioether (sulfide) groups is 2. The Kier molecular flexibility index (Phi) is 9.31. The molecule has 1 fully saturated rings. The molecule has 0 spiro atoms. The van der Waals surface area contributed by atoms with Crippen molar-refractivity contribution in [3.63, 3.8) is 0 Å². The third-order valence-electron chi connectivity index (χ3n) is 5.36. The normalized spacial score (nSPS) is 14.8. The van der Waals surface area contributed by atoms with Crippen molar-refractivity contribution in [3.05, 3.63) is 54.3 Å². The van der Waals surface area contributed by atoms with Crippen LogP contribution in [0.5, 0.6) is 0 Å². The smallest absolute Gasteiger partial charge is 0.264 e. The summed E-state index contributed by atoms with van der Waals surface area (Å²) in [5.74, 6) is -0.188. The summed E-state index contributed by atoms with van der Waals surface area (Å²) in [6.07, 6.45) is 8.18. The van der Waals surface area contributed by atoms with E-state index >= 15 is 0 Å². The Morgan fingerprint density at radius 2 is 1.84 bits per heavy atom. The zero-order valence-electron chi connectivity index (χ0n) is 18.1. The molecule has 0 atom stereocenters. The van der Waals surface area contributed by atoms with E-state index in [0.29, 0.717) is 11.8 Å². The van der Waals surface area contributed by atoms with E-state index in [2.05, 4.69) is 5.32 Å². The zero-order valence-corrected chi connectivity index (χ0v) is 20.6.